The lowest BCUT2D eigenvalue weighted by Gasteiger charge is -2.26. The molecule has 1 fully saturated rings. The van der Waals surface area contributed by atoms with Crippen LogP contribution >= 0.6 is 11.8 Å². The first-order chi connectivity index (χ1) is 18.0. The van der Waals surface area contributed by atoms with Gasteiger partial charge in [-0.1, -0.05) is 42.8 Å². The zero-order valence-corrected chi connectivity index (χ0v) is 21.6. The van der Waals surface area contributed by atoms with Crippen molar-refractivity contribution in [2.24, 2.45) is 0 Å². The Hall–Kier alpha value is -3.22. The highest BCUT2D eigenvalue weighted by Gasteiger charge is 2.22. The average molecular weight is 518 g/mol. The molecule has 0 aromatic heterocycles. The summed E-state index contributed by atoms with van der Waals surface area (Å²) in [5.41, 5.74) is 1.80. The van der Waals surface area contributed by atoms with Gasteiger partial charge in [0.15, 0.2) is 5.78 Å². The molecular weight excluding hydrogens is 488 g/mol. The topological polar surface area (TPSA) is 29.5 Å². The van der Waals surface area contributed by atoms with Crippen molar-refractivity contribution in [2.75, 3.05) is 32.5 Å². The third-order valence-corrected chi connectivity index (χ3v) is 7.72. The van der Waals surface area contributed by atoms with Crippen LogP contribution in [0.25, 0.3) is 21.9 Å². The van der Waals surface area contributed by atoms with Gasteiger partial charge >= 0.3 is 0 Å². The van der Waals surface area contributed by atoms with E-state index in [1.54, 1.807) is 24.5 Å². The summed E-state index contributed by atoms with van der Waals surface area (Å²) < 4.78 is 34.9. The molecule has 1 heterocycles. The van der Waals surface area contributed by atoms with Crippen LogP contribution in [0.5, 0.6) is 5.75 Å². The van der Waals surface area contributed by atoms with Crippen LogP contribution in [0.15, 0.2) is 77.7 Å². The second kappa shape index (κ2) is 11.4. The van der Waals surface area contributed by atoms with Crippen LogP contribution in [-0.2, 0) is 0 Å². The molecule has 0 N–H and O–H groups in total. The molecule has 4 aromatic rings. The molecule has 1 aliphatic rings. The minimum absolute atomic E-state index is 0.205. The van der Waals surface area contributed by atoms with E-state index in [0.717, 1.165) is 36.5 Å². The van der Waals surface area contributed by atoms with E-state index in [0.29, 0.717) is 39.5 Å². The van der Waals surface area contributed by atoms with Gasteiger partial charge in [-0.25, -0.2) is 8.78 Å². The molecule has 4 aromatic carbocycles. The quantitative estimate of drug-likeness (QED) is 0.178. The summed E-state index contributed by atoms with van der Waals surface area (Å²) in [4.78, 5) is 16.6. The number of thioether (sulfide) groups is 1. The van der Waals surface area contributed by atoms with Crippen molar-refractivity contribution < 1.29 is 18.3 Å². The Kier molecular flexibility index (Phi) is 7.87. The van der Waals surface area contributed by atoms with Crippen LogP contribution in [0.4, 0.5) is 8.78 Å². The van der Waals surface area contributed by atoms with E-state index < -0.39 is 11.6 Å². The summed E-state index contributed by atoms with van der Waals surface area (Å²) in [6, 6.07) is 20.5. The lowest BCUT2D eigenvalue weighted by molar-refractivity contribution is 0.104. The number of carbonyl (C=O) groups excluding carboxylic acids is 1. The molecule has 0 bridgehead atoms. The first-order valence-corrected chi connectivity index (χ1v) is 13.8. The monoisotopic (exact) mass is 517 g/mol. The van der Waals surface area contributed by atoms with Gasteiger partial charge in [0.25, 0.3) is 0 Å². The van der Waals surface area contributed by atoms with Gasteiger partial charge in [0.05, 0.1) is 4.90 Å². The zero-order valence-electron chi connectivity index (χ0n) is 20.8. The number of rotatable bonds is 8. The highest BCUT2D eigenvalue weighted by Crippen LogP contribution is 2.38. The molecule has 0 aliphatic carbocycles. The van der Waals surface area contributed by atoms with Gasteiger partial charge in [0.2, 0.25) is 0 Å². The van der Waals surface area contributed by atoms with Crippen molar-refractivity contribution >= 4 is 28.3 Å². The van der Waals surface area contributed by atoms with E-state index >= 15 is 0 Å². The Morgan fingerprint density at radius 1 is 0.919 bits per heavy atom. The van der Waals surface area contributed by atoms with Crippen LogP contribution in [0, 0.1) is 11.6 Å². The summed E-state index contributed by atoms with van der Waals surface area (Å²) in [7, 11) is 0. The summed E-state index contributed by atoms with van der Waals surface area (Å²) in [6.45, 7) is 3.74. The Bertz CT molecular complexity index is 1420. The predicted octanol–water partition coefficient (Wildman–Crippen LogP) is 7.60. The van der Waals surface area contributed by atoms with Gasteiger partial charge in [-0.3, -0.25) is 9.69 Å². The molecule has 0 unspecified atom stereocenters. The molecule has 190 valence electrons. The molecule has 0 atom stereocenters. The molecule has 5 rings (SSSR count). The molecule has 0 saturated carbocycles. The first-order valence-electron chi connectivity index (χ1n) is 12.6. The summed E-state index contributed by atoms with van der Waals surface area (Å²) >= 11 is 1.19. The Morgan fingerprint density at radius 2 is 1.68 bits per heavy atom. The van der Waals surface area contributed by atoms with Crippen molar-refractivity contribution in [3.63, 3.8) is 0 Å². The van der Waals surface area contributed by atoms with Crippen LogP contribution in [0.2, 0.25) is 0 Å². The number of likely N-dealkylation sites (tertiary alicyclic amines) is 1. The molecule has 1 saturated heterocycles. The van der Waals surface area contributed by atoms with Gasteiger partial charge in [-0.2, -0.15) is 0 Å². The van der Waals surface area contributed by atoms with Crippen molar-refractivity contribution in [3.8, 4) is 16.9 Å². The molecule has 3 nitrogen and oxygen atoms in total. The third kappa shape index (κ3) is 5.55. The van der Waals surface area contributed by atoms with Gasteiger partial charge in [-0.05, 0) is 78.9 Å². The highest BCUT2D eigenvalue weighted by molar-refractivity contribution is 7.98. The number of ether oxygens (including phenoxy) is 1. The summed E-state index contributed by atoms with van der Waals surface area (Å²) in [6.07, 6.45) is 5.53. The van der Waals surface area contributed by atoms with Crippen LogP contribution in [0.1, 0.15) is 35.2 Å². The fourth-order valence-electron chi connectivity index (χ4n) is 5.03. The predicted molar refractivity (Wildman–Crippen MR) is 147 cm³/mol. The lowest BCUT2D eigenvalue weighted by atomic mass is 9.89. The Morgan fingerprint density at radius 3 is 2.43 bits per heavy atom. The smallest absolute Gasteiger partial charge is 0.194 e. The van der Waals surface area contributed by atoms with Gasteiger partial charge in [0.1, 0.15) is 24.0 Å². The van der Waals surface area contributed by atoms with Gasteiger partial charge < -0.3 is 4.74 Å². The normalized spacial score (nSPS) is 14.1. The van der Waals surface area contributed by atoms with E-state index in [1.807, 2.05) is 42.5 Å². The third-order valence-electron chi connectivity index (χ3n) is 6.90. The first kappa shape index (κ1) is 25.4. The van der Waals surface area contributed by atoms with E-state index in [4.69, 9.17) is 4.74 Å². The molecule has 0 spiro atoms. The molecule has 0 radical (unpaired) electrons. The fraction of sp³-hybridized carbons (Fsp3) is 0.258. The second-order valence-electron chi connectivity index (χ2n) is 9.28. The Labute approximate surface area is 220 Å². The zero-order chi connectivity index (χ0) is 25.8. The number of hydrogen-bond acceptors (Lipinski definition) is 4. The maximum Gasteiger partial charge on any atom is 0.194 e. The fourth-order valence-corrected chi connectivity index (χ4v) is 5.67. The molecule has 6 heteroatoms. The number of piperidine rings is 1. The molecular formula is C31H29F2NO2S. The van der Waals surface area contributed by atoms with Crippen LogP contribution in [-0.4, -0.2) is 43.2 Å². The van der Waals surface area contributed by atoms with E-state index in [-0.39, 0.29) is 5.78 Å². The number of carbonyl (C=O) groups is 1. The number of halogens is 2. The van der Waals surface area contributed by atoms with Crippen LogP contribution in [0.3, 0.4) is 0 Å². The number of ketones is 1. The van der Waals surface area contributed by atoms with Crippen LogP contribution < -0.4 is 4.74 Å². The van der Waals surface area contributed by atoms with Crippen molar-refractivity contribution in [1.82, 2.24) is 4.90 Å². The number of benzene rings is 4. The molecule has 0 amide bonds. The largest absolute Gasteiger partial charge is 0.492 e. The van der Waals surface area contributed by atoms with Gasteiger partial charge in [-0.15, -0.1) is 11.8 Å². The SMILES string of the molecule is CSc1c(F)cc(F)cc1-c1ccc2ccccc2c1C(=O)c1ccc(OCCN2CCCCC2)cc1. The summed E-state index contributed by atoms with van der Waals surface area (Å²) in [5, 5.41) is 1.62. The minimum atomic E-state index is -0.678. The van der Waals surface area contributed by atoms with E-state index in [2.05, 4.69) is 4.90 Å². The maximum atomic E-state index is 14.7. The van der Waals surface area contributed by atoms with Gasteiger partial charge in [0, 0.05) is 29.3 Å². The number of fused-ring (bicyclic) bond motifs is 1. The van der Waals surface area contributed by atoms with E-state index in [1.165, 1.54) is 37.1 Å². The van der Waals surface area contributed by atoms with Crippen molar-refractivity contribution in [1.29, 1.82) is 0 Å². The van der Waals surface area contributed by atoms with E-state index in [9.17, 15) is 13.6 Å². The maximum absolute atomic E-state index is 14.7. The second-order valence-corrected chi connectivity index (χ2v) is 10.1. The average Bonchev–Trinajstić information content (AvgIpc) is 2.92. The standard InChI is InChI=1S/C31H29F2NO2S/c1-37-31-27(19-23(32)20-28(31)33)26-14-11-21-7-3-4-8-25(21)29(26)30(35)22-9-12-24(13-10-22)36-18-17-34-15-5-2-6-16-34/h3-4,7-14,19-20H,2,5-6,15-18H2,1H3. The van der Waals surface area contributed by atoms with Crippen molar-refractivity contribution in [2.45, 2.75) is 24.2 Å². The lowest BCUT2D eigenvalue weighted by Crippen LogP contribution is -2.33. The molecule has 1 aliphatic heterocycles. The number of hydrogen-bond donors (Lipinski definition) is 0. The van der Waals surface area contributed by atoms with Crippen molar-refractivity contribution in [3.05, 3.63) is 95.6 Å². The highest BCUT2D eigenvalue weighted by atomic mass is 32.2. The molecule has 37 heavy (non-hydrogen) atoms. The summed E-state index contributed by atoms with van der Waals surface area (Å²) in [5.74, 6) is -0.810. The number of nitrogens with zero attached hydrogens (tertiary/aromatic N) is 1. The minimum Gasteiger partial charge on any atom is -0.492 e. The Balaban J connectivity index is 1.47.